The van der Waals surface area contributed by atoms with Crippen molar-refractivity contribution >= 4 is 27.6 Å². The second-order valence-corrected chi connectivity index (χ2v) is 5.23. The van der Waals surface area contributed by atoms with Crippen molar-refractivity contribution in [3.05, 3.63) is 65.3 Å². The van der Waals surface area contributed by atoms with E-state index >= 15 is 0 Å². The first-order chi connectivity index (χ1) is 11.3. The molecule has 0 radical (unpaired) electrons. The van der Waals surface area contributed by atoms with Gasteiger partial charge in [-0.15, -0.1) is 0 Å². The van der Waals surface area contributed by atoms with E-state index in [2.05, 4.69) is 20.2 Å². The number of H-pyrrole nitrogens is 1. The summed E-state index contributed by atoms with van der Waals surface area (Å²) in [6.07, 6.45) is 4.88. The van der Waals surface area contributed by atoms with Gasteiger partial charge in [0.2, 0.25) is 0 Å². The van der Waals surface area contributed by atoms with Gasteiger partial charge in [-0.3, -0.25) is 4.79 Å². The summed E-state index contributed by atoms with van der Waals surface area (Å²) in [6, 6.07) is 11.5. The lowest BCUT2D eigenvalue weighted by molar-refractivity contribution is 0.896. The lowest BCUT2D eigenvalue weighted by atomic mass is 10.2. The van der Waals surface area contributed by atoms with Gasteiger partial charge in [0.1, 0.15) is 5.65 Å². The zero-order valence-electron chi connectivity index (χ0n) is 11.8. The molecule has 7 heteroatoms. The number of aromatic nitrogens is 6. The Balaban J connectivity index is 1.93. The maximum Gasteiger partial charge on any atom is 0.283 e. The fraction of sp³-hybridized carbons (Fsp3) is 0. The minimum atomic E-state index is -0.194. The number of hydrogen-bond donors (Lipinski definition) is 1. The Morgan fingerprint density at radius 2 is 1.83 bits per heavy atom. The first-order valence-electron chi connectivity index (χ1n) is 7.11. The van der Waals surface area contributed by atoms with E-state index < -0.39 is 0 Å². The molecular formula is C16H10N6O. The maximum atomic E-state index is 12.5. The Bertz CT molecular complexity index is 1230. The summed E-state index contributed by atoms with van der Waals surface area (Å²) < 4.78 is 3.09. The molecule has 0 aliphatic carbocycles. The molecule has 0 amide bonds. The quantitative estimate of drug-likeness (QED) is 0.513. The van der Waals surface area contributed by atoms with Gasteiger partial charge < -0.3 is 4.98 Å². The molecule has 0 bridgehead atoms. The predicted molar refractivity (Wildman–Crippen MR) is 85.7 cm³/mol. The largest absolute Gasteiger partial charge is 0.339 e. The first-order valence-corrected chi connectivity index (χ1v) is 7.11. The third-order valence-electron chi connectivity index (χ3n) is 3.92. The van der Waals surface area contributed by atoms with Gasteiger partial charge in [-0.2, -0.15) is 14.7 Å². The second kappa shape index (κ2) is 4.26. The predicted octanol–water partition coefficient (Wildman–Crippen LogP) is 1.91. The maximum absolute atomic E-state index is 12.5. The molecule has 4 heterocycles. The normalized spacial score (nSPS) is 11.7. The standard InChI is InChI=1S/C16H10N6O/c23-16-12-8-17-15-11(14(12)20-13-6-7-18-22(13)16)9-19-21(15)10-4-2-1-3-5-10/h1-9,20H. The number of fused-ring (bicyclic) bond motifs is 4. The second-order valence-electron chi connectivity index (χ2n) is 5.23. The first kappa shape index (κ1) is 12.1. The monoisotopic (exact) mass is 302 g/mol. The number of nitrogens with zero attached hydrogens (tertiary/aromatic N) is 5. The van der Waals surface area contributed by atoms with E-state index in [1.165, 1.54) is 4.52 Å². The van der Waals surface area contributed by atoms with Crippen molar-refractivity contribution in [2.45, 2.75) is 0 Å². The van der Waals surface area contributed by atoms with E-state index in [4.69, 9.17) is 0 Å². The van der Waals surface area contributed by atoms with Gasteiger partial charge in [0.05, 0.1) is 34.4 Å². The minimum Gasteiger partial charge on any atom is -0.339 e. The molecule has 0 aliphatic heterocycles. The molecule has 0 atom stereocenters. The van der Waals surface area contributed by atoms with E-state index in [0.29, 0.717) is 16.7 Å². The van der Waals surface area contributed by atoms with E-state index in [1.54, 1.807) is 29.3 Å². The number of aromatic amines is 1. The Morgan fingerprint density at radius 3 is 2.70 bits per heavy atom. The zero-order chi connectivity index (χ0) is 15.4. The molecule has 0 saturated carbocycles. The third kappa shape index (κ3) is 1.58. The van der Waals surface area contributed by atoms with E-state index in [0.717, 1.165) is 16.6 Å². The van der Waals surface area contributed by atoms with Crippen molar-refractivity contribution in [1.29, 1.82) is 0 Å². The highest BCUT2D eigenvalue weighted by molar-refractivity contribution is 6.02. The van der Waals surface area contributed by atoms with Crippen LogP contribution in [-0.2, 0) is 0 Å². The van der Waals surface area contributed by atoms with Crippen LogP contribution in [0.25, 0.3) is 33.3 Å². The van der Waals surface area contributed by atoms with Gasteiger partial charge in [0.15, 0.2) is 5.65 Å². The highest BCUT2D eigenvalue weighted by Crippen LogP contribution is 2.22. The molecule has 0 aliphatic rings. The minimum absolute atomic E-state index is 0.194. The van der Waals surface area contributed by atoms with Crippen LogP contribution in [0.15, 0.2) is 59.8 Å². The summed E-state index contributed by atoms with van der Waals surface area (Å²) in [6.45, 7) is 0. The summed E-state index contributed by atoms with van der Waals surface area (Å²) in [4.78, 5) is 20.2. The molecule has 0 fully saturated rings. The fourth-order valence-corrected chi connectivity index (χ4v) is 2.83. The Labute approximate surface area is 128 Å². The average Bonchev–Trinajstić information content (AvgIpc) is 3.22. The SMILES string of the molecule is O=c1c2cnc3c(cnn3-c3ccccc3)c2[nH]c2ccnn12. The Kier molecular flexibility index (Phi) is 2.24. The van der Waals surface area contributed by atoms with Crippen LogP contribution < -0.4 is 5.56 Å². The molecule has 0 saturated heterocycles. The van der Waals surface area contributed by atoms with Crippen LogP contribution in [0.4, 0.5) is 0 Å². The number of benzene rings is 1. The summed E-state index contributed by atoms with van der Waals surface area (Å²) in [5, 5.41) is 9.73. The molecule has 110 valence electrons. The summed E-state index contributed by atoms with van der Waals surface area (Å²) in [5.74, 6) is 0. The van der Waals surface area contributed by atoms with Gasteiger partial charge in [-0.1, -0.05) is 18.2 Å². The van der Waals surface area contributed by atoms with Gasteiger partial charge in [0, 0.05) is 12.3 Å². The highest BCUT2D eigenvalue weighted by atomic mass is 16.1. The lowest BCUT2D eigenvalue weighted by Crippen LogP contribution is -2.15. The average molecular weight is 302 g/mol. The van der Waals surface area contributed by atoms with Crippen molar-refractivity contribution in [3.63, 3.8) is 0 Å². The van der Waals surface area contributed by atoms with Gasteiger partial charge in [-0.25, -0.2) is 9.67 Å². The van der Waals surface area contributed by atoms with Crippen molar-refractivity contribution in [2.24, 2.45) is 0 Å². The molecule has 5 aromatic rings. The fourth-order valence-electron chi connectivity index (χ4n) is 2.83. The number of pyridine rings is 1. The number of hydrogen-bond acceptors (Lipinski definition) is 4. The van der Waals surface area contributed by atoms with E-state index in [1.807, 2.05) is 30.3 Å². The highest BCUT2D eigenvalue weighted by Gasteiger charge is 2.13. The number of rotatable bonds is 1. The molecule has 5 rings (SSSR count). The molecule has 23 heavy (non-hydrogen) atoms. The smallest absolute Gasteiger partial charge is 0.283 e. The number of para-hydroxylation sites is 1. The van der Waals surface area contributed by atoms with Crippen LogP contribution in [0.1, 0.15) is 0 Å². The Hall–Kier alpha value is -3.48. The van der Waals surface area contributed by atoms with Crippen LogP contribution in [0.3, 0.4) is 0 Å². The van der Waals surface area contributed by atoms with Crippen LogP contribution in [0, 0.1) is 0 Å². The van der Waals surface area contributed by atoms with Crippen LogP contribution in [0.5, 0.6) is 0 Å². The van der Waals surface area contributed by atoms with Gasteiger partial charge in [0.25, 0.3) is 5.56 Å². The topological polar surface area (TPSA) is 80.9 Å². The summed E-state index contributed by atoms with van der Waals surface area (Å²) in [5.41, 5.74) is 2.78. The molecule has 1 aromatic carbocycles. The molecule has 0 unspecified atom stereocenters. The van der Waals surface area contributed by atoms with Gasteiger partial charge in [-0.05, 0) is 12.1 Å². The van der Waals surface area contributed by atoms with E-state index in [9.17, 15) is 4.79 Å². The van der Waals surface area contributed by atoms with Crippen molar-refractivity contribution in [3.8, 4) is 5.69 Å². The molecular weight excluding hydrogens is 292 g/mol. The third-order valence-corrected chi connectivity index (χ3v) is 3.92. The van der Waals surface area contributed by atoms with Crippen molar-refractivity contribution < 1.29 is 0 Å². The summed E-state index contributed by atoms with van der Waals surface area (Å²) >= 11 is 0. The Morgan fingerprint density at radius 1 is 0.957 bits per heavy atom. The zero-order valence-corrected chi connectivity index (χ0v) is 11.8. The molecule has 1 N–H and O–H groups in total. The molecule has 7 nitrogen and oxygen atoms in total. The molecule has 0 spiro atoms. The lowest BCUT2D eigenvalue weighted by Gasteiger charge is -2.04. The van der Waals surface area contributed by atoms with Crippen LogP contribution in [-0.4, -0.2) is 29.4 Å². The van der Waals surface area contributed by atoms with Crippen LogP contribution in [0.2, 0.25) is 0 Å². The van der Waals surface area contributed by atoms with Crippen LogP contribution >= 0.6 is 0 Å². The summed E-state index contributed by atoms with van der Waals surface area (Å²) in [7, 11) is 0. The number of nitrogens with one attached hydrogen (secondary N) is 1. The van der Waals surface area contributed by atoms with Crippen molar-refractivity contribution in [2.75, 3.05) is 0 Å². The van der Waals surface area contributed by atoms with Gasteiger partial charge >= 0.3 is 0 Å². The van der Waals surface area contributed by atoms with E-state index in [-0.39, 0.29) is 5.56 Å². The van der Waals surface area contributed by atoms with Crippen molar-refractivity contribution in [1.82, 2.24) is 29.4 Å². The molecule has 4 aromatic heterocycles.